The van der Waals surface area contributed by atoms with E-state index in [1.54, 1.807) is 9.80 Å². The number of halogens is 1. The van der Waals surface area contributed by atoms with Crippen LogP contribution < -0.4 is 10.2 Å². The number of anilines is 2. The van der Waals surface area contributed by atoms with E-state index in [0.29, 0.717) is 37.2 Å². The molecule has 3 aromatic rings. The molecule has 0 radical (unpaired) electrons. The van der Waals surface area contributed by atoms with Gasteiger partial charge in [-0.05, 0) is 68.3 Å². The Kier molecular flexibility index (Phi) is 6.65. The summed E-state index contributed by atoms with van der Waals surface area (Å²) in [5.41, 5.74) is 2.26. The zero-order chi connectivity index (χ0) is 26.0. The minimum Gasteiger partial charge on any atom is -0.339 e. The van der Waals surface area contributed by atoms with Gasteiger partial charge in [0.2, 0.25) is 5.91 Å². The lowest BCUT2D eigenvalue weighted by molar-refractivity contribution is -0.136. The fourth-order valence-electron chi connectivity index (χ4n) is 5.19. The van der Waals surface area contributed by atoms with Crippen molar-refractivity contribution in [2.24, 2.45) is 0 Å². The highest BCUT2D eigenvalue weighted by Gasteiger charge is 2.54. The molecule has 2 aliphatic heterocycles. The highest BCUT2D eigenvalue weighted by molar-refractivity contribution is 6.00. The number of benzene rings is 3. The summed E-state index contributed by atoms with van der Waals surface area (Å²) in [6, 6.07) is 22.7. The molecule has 190 valence electrons. The van der Waals surface area contributed by atoms with E-state index in [4.69, 9.17) is 0 Å². The lowest BCUT2D eigenvalue weighted by atomic mass is 9.85. The van der Waals surface area contributed by atoms with Crippen LogP contribution in [0.25, 0.3) is 0 Å². The molecule has 3 amide bonds. The monoisotopic (exact) mass is 500 g/mol. The first-order valence-corrected chi connectivity index (χ1v) is 12.4. The van der Waals surface area contributed by atoms with Crippen molar-refractivity contribution in [2.45, 2.75) is 25.3 Å². The number of hydrogen-bond donors (Lipinski definition) is 1. The minimum absolute atomic E-state index is 0.0397. The third-order valence-electron chi connectivity index (χ3n) is 7.22. The number of nitrogens with one attached hydrogen (secondary N) is 1. The van der Waals surface area contributed by atoms with Crippen molar-refractivity contribution >= 4 is 29.1 Å². The number of nitrogens with zero attached hydrogens (tertiary/aromatic N) is 3. The number of rotatable bonds is 5. The molecule has 1 N–H and O–H groups in total. The Morgan fingerprint density at radius 1 is 0.919 bits per heavy atom. The Morgan fingerprint density at radius 3 is 2.22 bits per heavy atom. The quantitative estimate of drug-likeness (QED) is 0.574. The summed E-state index contributed by atoms with van der Waals surface area (Å²) >= 11 is 0. The number of piperidine rings is 1. The fraction of sp³-hybridized carbons (Fsp3) is 0.276. The van der Waals surface area contributed by atoms with E-state index in [0.717, 1.165) is 11.3 Å². The van der Waals surface area contributed by atoms with Gasteiger partial charge in [0.05, 0.1) is 6.67 Å². The van der Waals surface area contributed by atoms with Crippen molar-refractivity contribution in [1.29, 1.82) is 0 Å². The summed E-state index contributed by atoms with van der Waals surface area (Å²) in [6.07, 6.45) is 0.933. The van der Waals surface area contributed by atoms with Crippen molar-refractivity contribution in [2.75, 3.05) is 36.5 Å². The topological polar surface area (TPSA) is 73.0 Å². The van der Waals surface area contributed by atoms with Crippen LogP contribution in [0.4, 0.5) is 15.8 Å². The van der Waals surface area contributed by atoms with Gasteiger partial charge in [0.1, 0.15) is 17.9 Å². The van der Waals surface area contributed by atoms with Crippen LogP contribution in [0.15, 0.2) is 78.9 Å². The number of likely N-dealkylation sites (tertiary alicyclic amines) is 1. The van der Waals surface area contributed by atoms with Crippen LogP contribution in [0.3, 0.4) is 0 Å². The lowest BCUT2D eigenvalue weighted by Crippen LogP contribution is -2.57. The second kappa shape index (κ2) is 10.0. The Hall–Kier alpha value is -4.20. The van der Waals surface area contributed by atoms with Gasteiger partial charge >= 0.3 is 0 Å². The van der Waals surface area contributed by atoms with Crippen LogP contribution >= 0.6 is 0 Å². The molecule has 2 heterocycles. The van der Waals surface area contributed by atoms with Crippen LogP contribution in [0.5, 0.6) is 0 Å². The summed E-state index contributed by atoms with van der Waals surface area (Å²) in [4.78, 5) is 45.1. The predicted molar refractivity (Wildman–Crippen MR) is 140 cm³/mol. The maximum Gasteiger partial charge on any atom is 0.253 e. The largest absolute Gasteiger partial charge is 0.339 e. The van der Waals surface area contributed by atoms with Crippen LogP contribution in [-0.4, -0.2) is 59.4 Å². The van der Waals surface area contributed by atoms with Gasteiger partial charge in [0, 0.05) is 30.0 Å². The zero-order valence-corrected chi connectivity index (χ0v) is 20.7. The molecule has 3 aromatic carbocycles. The molecule has 1 spiro atoms. The normalized spacial score (nSPS) is 16.8. The molecule has 5 rings (SSSR count). The number of amides is 3. The summed E-state index contributed by atoms with van der Waals surface area (Å²) < 4.78 is 13.2. The van der Waals surface area contributed by atoms with Gasteiger partial charge in [-0.2, -0.15) is 0 Å². The average Bonchev–Trinajstić information content (AvgIpc) is 3.17. The highest BCUT2D eigenvalue weighted by Crippen LogP contribution is 2.39. The molecule has 8 heteroatoms. The molecular weight excluding hydrogens is 471 g/mol. The predicted octanol–water partition coefficient (Wildman–Crippen LogP) is 4.05. The average molecular weight is 501 g/mol. The number of para-hydroxylation sites is 1. The molecule has 0 saturated carbocycles. The van der Waals surface area contributed by atoms with Crippen molar-refractivity contribution in [1.82, 2.24) is 9.80 Å². The maximum absolute atomic E-state index is 13.8. The second-order valence-corrected chi connectivity index (χ2v) is 9.65. The van der Waals surface area contributed by atoms with Crippen molar-refractivity contribution in [3.8, 4) is 0 Å². The molecule has 37 heavy (non-hydrogen) atoms. The fourth-order valence-corrected chi connectivity index (χ4v) is 5.19. The Morgan fingerprint density at radius 2 is 1.57 bits per heavy atom. The van der Waals surface area contributed by atoms with E-state index in [2.05, 4.69) is 10.2 Å². The van der Waals surface area contributed by atoms with Gasteiger partial charge in [-0.1, -0.05) is 35.9 Å². The smallest absolute Gasteiger partial charge is 0.253 e. The first kappa shape index (κ1) is 24.5. The van der Waals surface area contributed by atoms with Crippen molar-refractivity contribution in [3.05, 3.63) is 95.8 Å². The van der Waals surface area contributed by atoms with Crippen LogP contribution in [0, 0.1) is 12.7 Å². The first-order valence-electron chi connectivity index (χ1n) is 12.4. The molecule has 0 aromatic heterocycles. The van der Waals surface area contributed by atoms with Crippen LogP contribution in [0.1, 0.15) is 28.8 Å². The Labute approximate surface area is 215 Å². The standard InChI is InChI=1S/C29H29FN4O3/c1-21-7-9-22(10-8-21)27(36)32-17-15-29(16-18-32)28(37)33(20-34(29)25-5-3-2-4-6-25)19-26(35)31-24-13-11-23(30)12-14-24/h2-14H,15-20H2,1H3,(H,31,35). The van der Waals surface area contributed by atoms with Gasteiger partial charge in [0.15, 0.2) is 0 Å². The van der Waals surface area contributed by atoms with E-state index in [1.807, 2.05) is 61.5 Å². The van der Waals surface area contributed by atoms with E-state index < -0.39 is 5.54 Å². The summed E-state index contributed by atoms with van der Waals surface area (Å²) in [5, 5.41) is 2.74. The first-order chi connectivity index (χ1) is 17.9. The van der Waals surface area contributed by atoms with E-state index >= 15 is 0 Å². The Balaban J connectivity index is 1.33. The molecule has 2 aliphatic rings. The van der Waals surface area contributed by atoms with Crippen LogP contribution in [-0.2, 0) is 9.59 Å². The molecule has 7 nitrogen and oxygen atoms in total. The zero-order valence-electron chi connectivity index (χ0n) is 20.7. The summed E-state index contributed by atoms with van der Waals surface area (Å²) in [5.74, 6) is -0.896. The Bertz CT molecular complexity index is 1290. The highest BCUT2D eigenvalue weighted by atomic mass is 19.1. The molecule has 2 saturated heterocycles. The van der Waals surface area contributed by atoms with E-state index in [-0.39, 0.29) is 36.8 Å². The van der Waals surface area contributed by atoms with Gasteiger partial charge in [-0.15, -0.1) is 0 Å². The third kappa shape index (κ3) is 4.91. The van der Waals surface area contributed by atoms with Gasteiger partial charge in [-0.3, -0.25) is 14.4 Å². The number of carbonyl (C=O) groups is 3. The molecule has 0 unspecified atom stereocenters. The van der Waals surface area contributed by atoms with Crippen molar-refractivity contribution in [3.63, 3.8) is 0 Å². The minimum atomic E-state index is -0.832. The van der Waals surface area contributed by atoms with Gasteiger partial charge < -0.3 is 20.0 Å². The second-order valence-electron chi connectivity index (χ2n) is 9.65. The number of hydrogen-bond acceptors (Lipinski definition) is 4. The third-order valence-corrected chi connectivity index (χ3v) is 7.22. The molecule has 0 bridgehead atoms. The molecule has 0 atom stereocenters. The molecule has 0 aliphatic carbocycles. The summed E-state index contributed by atoms with van der Waals surface area (Å²) in [7, 11) is 0. The molecule has 2 fully saturated rings. The number of carbonyl (C=O) groups excluding carboxylic acids is 3. The van der Waals surface area contributed by atoms with Gasteiger partial charge in [-0.25, -0.2) is 4.39 Å². The number of aryl methyl sites for hydroxylation is 1. The van der Waals surface area contributed by atoms with Crippen molar-refractivity contribution < 1.29 is 18.8 Å². The SMILES string of the molecule is Cc1ccc(C(=O)N2CCC3(CC2)C(=O)N(CC(=O)Nc2ccc(F)cc2)CN3c2ccccc2)cc1. The lowest BCUT2D eigenvalue weighted by Gasteiger charge is -2.43. The maximum atomic E-state index is 13.8. The molecular formula is C29H29FN4O3. The van der Waals surface area contributed by atoms with E-state index in [9.17, 15) is 18.8 Å². The van der Waals surface area contributed by atoms with Crippen LogP contribution in [0.2, 0.25) is 0 Å². The summed E-state index contributed by atoms with van der Waals surface area (Å²) in [6.45, 7) is 3.02. The van der Waals surface area contributed by atoms with E-state index in [1.165, 1.54) is 24.3 Å². The van der Waals surface area contributed by atoms with Gasteiger partial charge in [0.25, 0.3) is 11.8 Å².